The number of amides is 1. The van der Waals surface area contributed by atoms with Gasteiger partial charge in [-0.25, -0.2) is 4.79 Å². The van der Waals surface area contributed by atoms with Gasteiger partial charge in [-0.1, -0.05) is 31.1 Å². The number of rotatable bonds is 7. The zero-order valence-electron chi connectivity index (χ0n) is 20.0. The summed E-state index contributed by atoms with van der Waals surface area (Å²) in [4.78, 5) is 31.3. The van der Waals surface area contributed by atoms with Gasteiger partial charge in [0.1, 0.15) is 0 Å². The molecule has 0 aliphatic heterocycles. The number of aryl methyl sites for hydroxylation is 1. The second kappa shape index (κ2) is 9.12. The lowest BCUT2D eigenvalue weighted by Gasteiger charge is -2.53. The molecule has 3 saturated carbocycles. The molecule has 7 nitrogen and oxygen atoms in total. The Morgan fingerprint density at radius 2 is 1.88 bits per heavy atom. The molecule has 5 rings (SSSR count). The van der Waals surface area contributed by atoms with Gasteiger partial charge in [-0.3, -0.25) is 4.79 Å². The SMILES string of the molecule is COC(=O)/C=C/c1cccc(N(CC23CCC(c4nc(C)no4)(CC2)CC3)C(=O)C(C)C)c1. The van der Waals surface area contributed by atoms with E-state index in [2.05, 4.69) is 14.9 Å². The molecular weight excluding hydrogens is 418 g/mol. The third kappa shape index (κ3) is 4.72. The molecule has 33 heavy (non-hydrogen) atoms. The van der Waals surface area contributed by atoms with Crippen LogP contribution in [0.25, 0.3) is 6.08 Å². The van der Waals surface area contributed by atoms with Gasteiger partial charge in [0.2, 0.25) is 11.8 Å². The Kier molecular flexibility index (Phi) is 6.41. The smallest absolute Gasteiger partial charge is 0.330 e. The molecule has 3 fully saturated rings. The molecule has 0 spiro atoms. The van der Waals surface area contributed by atoms with Gasteiger partial charge in [0.05, 0.1) is 7.11 Å². The van der Waals surface area contributed by atoms with E-state index in [-0.39, 0.29) is 22.7 Å². The third-order valence-electron chi connectivity index (χ3n) is 7.43. The molecule has 1 amide bonds. The standard InChI is InChI=1S/C26H33N3O4/c1-18(2)23(31)29(21-7-5-6-20(16-21)8-9-22(30)32-4)17-25-10-13-26(14-11-25,15-12-25)24-27-19(3)28-33-24/h5-9,16,18H,10-15,17H2,1-4H3/b9-8+. The van der Waals surface area contributed by atoms with Crippen LogP contribution in [-0.4, -0.2) is 35.7 Å². The van der Waals surface area contributed by atoms with Crippen LogP contribution in [-0.2, 0) is 19.7 Å². The van der Waals surface area contributed by atoms with Gasteiger partial charge in [0.25, 0.3) is 0 Å². The highest BCUT2D eigenvalue weighted by Crippen LogP contribution is 2.57. The summed E-state index contributed by atoms with van der Waals surface area (Å²) >= 11 is 0. The van der Waals surface area contributed by atoms with Crippen LogP contribution in [0.3, 0.4) is 0 Å². The van der Waals surface area contributed by atoms with Crippen molar-refractivity contribution in [2.75, 3.05) is 18.6 Å². The number of ether oxygens (including phenoxy) is 1. The maximum atomic E-state index is 13.3. The van der Waals surface area contributed by atoms with Crippen molar-refractivity contribution in [3.63, 3.8) is 0 Å². The second-order valence-electron chi connectivity index (χ2n) is 9.96. The van der Waals surface area contributed by atoms with Gasteiger partial charge in [-0.05, 0) is 74.6 Å². The lowest BCUT2D eigenvalue weighted by molar-refractivity contribution is -0.134. The van der Waals surface area contributed by atoms with E-state index in [1.165, 1.54) is 13.2 Å². The predicted molar refractivity (Wildman–Crippen MR) is 126 cm³/mol. The van der Waals surface area contributed by atoms with Crippen molar-refractivity contribution in [1.29, 1.82) is 0 Å². The Hall–Kier alpha value is -2.96. The van der Waals surface area contributed by atoms with Gasteiger partial charge in [-0.15, -0.1) is 0 Å². The number of anilines is 1. The average Bonchev–Trinajstić information content (AvgIpc) is 3.29. The predicted octanol–water partition coefficient (Wildman–Crippen LogP) is 4.85. The summed E-state index contributed by atoms with van der Waals surface area (Å²) in [6, 6.07) is 7.79. The summed E-state index contributed by atoms with van der Waals surface area (Å²) in [7, 11) is 1.36. The number of fused-ring (bicyclic) bond motifs is 3. The van der Waals surface area contributed by atoms with E-state index in [0.717, 1.165) is 55.7 Å². The first-order valence-corrected chi connectivity index (χ1v) is 11.7. The largest absolute Gasteiger partial charge is 0.466 e. The van der Waals surface area contributed by atoms with Crippen molar-refractivity contribution in [2.45, 2.75) is 64.7 Å². The number of esters is 1. The highest BCUT2D eigenvalue weighted by molar-refractivity contribution is 5.95. The van der Waals surface area contributed by atoms with Gasteiger partial charge in [0.15, 0.2) is 5.82 Å². The van der Waals surface area contributed by atoms with Crippen LogP contribution >= 0.6 is 0 Å². The molecule has 0 atom stereocenters. The summed E-state index contributed by atoms with van der Waals surface area (Å²) in [5.41, 5.74) is 1.81. The van der Waals surface area contributed by atoms with Gasteiger partial charge >= 0.3 is 5.97 Å². The first kappa shape index (κ1) is 23.2. The maximum absolute atomic E-state index is 13.3. The fourth-order valence-corrected chi connectivity index (χ4v) is 5.31. The number of benzene rings is 1. The molecule has 176 valence electrons. The van der Waals surface area contributed by atoms with Crippen molar-refractivity contribution in [3.05, 3.63) is 47.6 Å². The molecule has 1 heterocycles. The molecule has 2 aromatic rings. The Balaban J connectivity index is 1.56. The lowest BCUT2D eigenvalue weighted by atomic mass is 9.53. The van der Waals surface area contributed by atoms with Crippen molar-refractivity contribution in [2.24, 2.45) is 11.3 Å². The van der Waals surface area contributed by atoms with Crippen molar-refractivity contribution in [1.82, 2.24) is 10.1 Å². The number of aromatic nitrogens is 2. The lowest BCUT2D eigenvalue weighted by Crippen LogP contribution is -2.51. The summed E-state index contributed by atoms with van der Waals surface area (Å²) in [6.45, 7) is 6.45. The number of hydrogen-bond acceptors (Lipinski definition) is 6. The van der Waals surface area contributed by atoms with Crippen LogP contribution < -0.4 is 4.90 Å². The summed E-state index contributed by atoms with van der Waals surface area (Å²) in [5, 5.41) is 4.02. The van der Waals surface area contributed by atoms with Crippen molar-refractivity contribution in [3.8, 4) is 0 Å². The molecule has 0 unspecified atom stereocenters. The molecule has 0 saturated heterocycles. The Labute approximate surface area is 195 Å². The maximum Gasteiger partial charge on any atom is 0.330 e. The number of carbonyl (C=O) groups is 2. The van der Waals surface area contributed by atoms with Crippen LogP contribution in [0.4, 0.5) is 5.69 Å². The fourth-order valence-electron chi connectivity index (χ4n) is 5.31. The summed E-state index contributed by atoms with van der Waals surface area (Å²) in [6.07, 6.45) is 9.27. The number of hydrogen-bond donors (Lipinski definition) is 0. The normalized spacial score (nSPS) is 24.4. The minimum absolute atomic E-state index is 0.00546. The highest BCUT2D eigenvalue weighted by atomic mass is 16.5. The molecule has 3 aliphatic carbocycles. The quantitative estimate of drug-likeness (QED) is 0.442. The first-order valence-electron chi connectivity index (χ1n) is 11.7. The fraction of sp³-hybridized carbons (Fsp3) is 0.538. The van der Waals surface area contributed by atoms with E-state index in [9.17, 15) is 9.59 Å². The third-order valence-corrected chi connectivity index (χ3v) is 7.43. The zero-order valence-corrected chi connectivity index (χ0v) is 20.0. The van der Waals surface area contributed by atoms with E-state index in [1.54, 1.807) is 6.08 Å². The van der Waals surface area contributed by atoms with Crippen LogP contribution in [0.5, 0.6) is 0 Å². The van der Waals surface area contributed by atoms with E-state index in [4.69, 9.17) is 4.52 Å². The molecule has 1 aromatic carbocycles. The molecular formula is C26H33N3O4. The molecule has 0 N–H and O–H groups in total. The number of nitrogens with zero attached hydrogens (tertiary/aromatic N) is 3. The topological polar surface area (TPSA) is 85.5 Å². The minimum Gasteiger partial charge on any atom is -0.466 e. The van der Waals surface area contributed by atoms with Crippen molar-refractivity contribution < 1.29 is 18.8 Å². The van der Waals surface area contributed by atoms with E-state index in [0.29, 0.717) is 12.4 Å². The van der Waals surface area contributed by atoms with Crippen molar-refractivity contribution >= 4 is 23.6 Å². The highest BCUT2D eigenvalue weighted by Gasteiger charge is 2.52. The Bertz CT molecular complexity index is 1030. The van der Waals surface area contributed by atoms with Crippen LogP contribution in [0.2, 0.25) is 0 Å². The van der Waals surface area contributed by atoms with Gasteiger partial charge < -0.3 is 14.2 Å². The van der Waals surface area contributed by atoms with Crippen LogP contribution in [0, 0.1) is 18.3 Å². The number of carbonyl (C=O) groups excluding carboxylic acids is 2. The number of methoxy groups -OCH3 is 1. The molecule has 3 aliphatic rings. The summed E-state index contributed by atoms with van der Waals surface area (Å²) < 4.78 is 10.3. The summed E-state index contributed by atoms with van der Waals surface area (Å²) in [5.74, 6) is 1.08. The monoisotopic (exact) mass is 451 g/mol. The molecule has 1 aromatic heterocycles. The molecule has 0 radical (unpaired) electrons. The van der Waals surface area contributed by atoms with E-state index < -0.39 is 5.97 Å². The van der Waals surface area contributed by atoms with Gasteiger partial charge in [-0.2, -0.15) is 4.98 Å². The average molecular weight is 452 g/mol. The van der Waals surface area contributed by atoms with Gasteiger partial charge in [0, 0.05) is 29.6 Å². The van der Waals surface area contributed by atoms with Crippen LogP contribution in [0.15, 0.2) is 34.9 Å². The molecule has 7 heteroatoms. The zero-order chi connectivity index (χ0) is 23.6. The van der Waals surface area contributed by atoms with E-state index in [1.807, 2.05) is 49.9 Å². The second-order valence-corrected chi connectivity index (χ2v) is 9.96. The van der Waals surface area contributed by atoms with Crippen LogP contribution in [0.1, 0.15) is 69.7 Å². The Morgan fingerprint density at radius 1 is 1.18 bits per heavy atom. The van der Waals surface area contributed by atoms with E-state index >= 15 is 0 Å². The Morgan fingerprint density at radius 3 is 2.45 bits per heavy atom. The minimum atomic E-state index is -0.404. The molecule has 2 bridgehead atoms. The first-order chi connectivity index (χ1) is 15.8.